The van der Waals surface area contributed by atoms with E-state index in [1.54, 1.807) is 24.3 Å². The van der Waals surface area contributed by atoms with Gasteiger partial charge in [0.2, 0.25) is 0 Å². The van der Waals surface area contributed by atoms with Crippen LogP contribution in [0.25, 0.3) is 0 Å². The molecule has 168 valence electrons. The van der Waals surface area contributed by atoms with Crippen LogP contribution in [0.1, 0.15) is 94.8 Å². The van der Waals surface area contributed by atoms with E-state index in [4.69, 9.17) is 9.84 Å². The molecule has 0 aliphatic carbocycles. The van der Waals surface area contributed by atoms with Gasteiger partial charge in [0.1, 0.15) is 5.75 Å². The molecular formula is C24H37NO5. The Morgan fingerprint density at radius 3 is 1.93 bits per heavy atom. The summed E-state index contributed by atoms with van der Waals surface area (Å²) in [7, 11) is 0. The largest absolute Gasteiger partial charge is 0.494 e. The topological polar surface area (TPSA) is 92.7 Å². The van der Waals surface area contributed by atoms with Gasteiger partial charge in [0.25, 0.3) is 5.91 Å². The molecule has 0 radical (unpaired) electrons. The molecule has 0 aliphatic heterocycles. The predicted octanol–water partition coefficient (Wildman–Crippen LogP) is 5.15. The molecule has 0 fully saturated rings. The Morgan fingerprint density at radius 1 is 0.900 bits per heavy atom. The van der Waals surface area contributed by atoms with E-state index in [9.17, 15) is 14.4 Å². The van der Waals surface area contributed by atoms with Crippen LogP contribution in [0.3, 0.4) is 0 Å². The van der Waals surface area contributed by atoms with Gasteiger partial charge in [-0.2, -0.15) is 0 Å². The van der Waals surface area contributed by atoms with E-state index in [-0.39, 0.29) is 5.78 Å². The number of unbranched alkanes of at least 4 members (excludes halogenated alkanes) is 9. The number of amides is 1. The third-order valence-corrected chi connectivity index (χ3v) is 5.06. The van der Waals surface area contributed by atoms with Gasteiger partial charge < -0.3 is 15.2 Å². The molecule has 0 spiro atoms. The molecule has 6 nitrogen and oxygen atoms in total. The zero-order chi connectivity index (χ0) is 22.2. The summed E-state index contributed by atoms with van der Waals surface area (Å²) < 4.78 is 5.72. The van der Waals surface area contributed by atoms with Gasteiger partial charge in [0.05, 0.1) is 19.1 Å². The Hall–Kier alpha value is -2.37. The lowest BCUT2D eigenvalue weighted by atomic mass is 10.1. The minimum Gasteiger partial charge on any atom is -0.494 e. The highest BCUT2D eigenvalue weighted by atomic mass is 16.5. The molecule has 0 aliphatic rings. The molecule has 1 atom stereocenters. The van der Waals surface area contributed by atoms with E-state index in [0.717, 1.165) is 12.8 Å². The quantitative estimate of drug-likeness (QED) is 0.341. The number of hydrogen-bond acceptors (Lipinski definition) is 4. The number of hydrogen-bond donors (Lipinski definition) is 2. The van der Waals surface area contributed by atoms with E-state index >= 15 is 0 Å². The maximum atomic E-state index is 12.2. The van der Waals surface area contributed by atoms with Crippen molar-refractivity contribution >= 4 is 17.7 Å². The zero-order valence-electron chi connectivity index (χ0n) is 18.5. The highest BCUT2D eigenvalue weighted by Gasteiger charge is 2.20. The molecule has 2 N–H and O–H groups in total. The fourth-order valence-electron chi connectivity index (χ4n) is 3.19. The maximum Gasteiger partial charge on any atom is 0.305 e. The Bertz CT molecular complexity index is 642. The molecule has 0 aromatic heterocycles. The molecule has 0 saturated carbocycles. The number of ether oxygens (including phenoxy) is 1. The van der Waals surface area contributed by atoms with Gasteiger partial charge >= 0.3 is 5.97 Å². The summed E-state index contributed by atoms with van der Waals surface area (Å²) in [5.41, 5.74) is 0.359. The monoisotopic (exact) mass is 419 g/mol. The second-order valence-corrected chi connectivity index (χ2v) is 7.79. The summed E-state index contributed by atoms with van der Waals surface area (Å²) in [6.07, 6.45) is 12.3. The van der Waals surface area contributed by atoms with E-state index in [1.165, 1.54) is 58.3 Å². The van der Waals surface area contributed by atoms with Gasteiger partial charge in [-0.1, -0.05) is 64.7 Å². The Balaban J connectivity index is 2.22. The smallest absolute Gasteiger partial charge is 0.305 e. The van der Waals surface area contributed by atoms with E-state index in [1.807, 2.05) is 0 Å². The van der Waals surface area contributed by atoms with Crippen LogP contribution in [0.15, 0.2) is 24.3 Å². The van der Waals surface area contributed by atoms with Crippen molar-refractivity contribution in [2.45, 2.75) is 90.5 Å². The first kappa shape index (κ1) is 25.7. The fraction of sp³-hybridized carbons (Fsp3) is 0.625. The first-order valence-corrected chi connectivity index (χ1v) is 11.2. The number of rotatable bonds is 17. The number of carboxylic acids is 1. The summed E-state index contributed by atoms with van der Waals surface area (Å²) in [4.78, 5) is 34.5. The number of carboxylic acid groups (broad SMARTS) is 1. The first-order chi connectivity index (χ1) is 14.4. The number of aliphatic carboxylic acids is 1. The number of benzene rings is 1. The van der Waals surface area contributed by atoms with Crippen LogP contribution < -0.4 is 10.1 Å². The van der Waals surface area contributed by atoms with Crippen LogP contribution in [-0.4, -0.2) is 35.4 Å². The van der Waals surface area contributed by atoms with Crippen LogP contribution in [0.2, 0.25) is 0 Å². The standard InChI is InChI=1S/C24H37NO5/c1-3-4-5-6-7-8-9-10-11-12-17-30-21-15-13-20(14-16-21)24(29)25-22(19(2)26)18-23(27)28/h13-16,22H,3-12,17-18H2,1-2H3,(H,25,29)(H,27,28). The summed E-state index contributed by atoms with van der Waals surface area (Å²) in [6.45, 7) is 4.15. The third kappa shape index (κ3) is 11.6. The van der Waals surface area contributed by atoms with Gasteiger partial charge in [-0.05, 0) is 37.6 Å². The Morgan fingerprint density at radius 2 is 1.43 bits per heavy atom. The summed E-state index contributed by atoms with van der Waals surface area (Å²) in [5, 5.41) is 11.3. The SMILES string of the molecule is CCCCCCCCCCCCOc1ccc(C(=O)NC(CC(=O)O)C(C)=O)cc1. The number of Topliss-reactive ketones (excluding diaryl/α,β-unsaturated/α-hetero) is 1. The number of nitrogens with one attached hydrogen (secondary N) is 1. The molecule has 1 aromatic rings. The lowest BCUT2D eigenvalue weighted by Gasteiger charge is -2.14. The van der Waals surface area contributed by atoms with Crippen molar-refractivity contribution < 1.29 is 24.2 Å². The predicted molar refractivity (Wildman–Crippen MR) is 118 cm³/mol. The molecule has 0 heterocycles. The van der Waals surface area contributed by atoms with Crippen molar-refractivity contribution in [3.8, 4) is 5.75 Å². The normalized spacial score (nSPS) is 11.7. The van der Waals surface area contributed by atoms with Crippen LogP contribution in [0, 0.1) is 0 Å². The Labute approximate surface area is 180 Å². The van der Waals surface area contributed by atoms with Gasteiger partial charge in [-0.25, -0.2) is 0 Å². The second kappa shape index (κ2) is 15.5. The van der Waals surface area contributed by atoms with Crippen molar-refractivity contribution in [3.05, 3.63) is 29.8 Å². The minimum absolute atomic E-state index is 0.359. The van der Waals surface area contributed by atoms with Crippen LogP contribution in [-0.2, 0) is 9.59 Å². The molecule has 30 heavy (non-hydrogen) atoms. The van der Waals surface area contributed by atoms with Crippen molar-refractivity contribution in [1.29, 1.82) is 0 Å². The first-order valence-electron chi connectivity index (χ1n) is 11.2. The van der Waals surface area contributed by atoms with E-state index in [2.05, 4.69) is 12.2 Å². The molecular weight excluding hydrogens is 382 g/mol. The van der Waals surface area contributed by atoms with Crippen molar-refractivity contribution in [2.24, 2.45) is 0 Å². The highest BCUT2D eigenvalue weighted by Crippen LogP contribution is 2.14. The molecule has 0 saturated heterocycles. The molecule has 1 unspecified atom stereocenters. The molecule has 1 amide bonds. The van der Waals surface area contributed by atoms with Crippen LogP contribution in [0.4, 0.5) is 0 Å². The Kier molecular flexibility index (Phi) is 13.2. The lowest BCUT2D eigenvalue weighted by molar-refractivity contribution is -0.139. The summed E-state index contributed by atoms with van der Waals surface area (Å²) >= 11 is 0. The van der Waals surface area contributed by atoms with Crippen LogP contribution in [0.5, 0.6) is 5.75 Å². The van der Waals surface area contributed by atoms with Crippen molar-refractivity contribution in [2.75, 3.05) is 6.61 Å². The molecule has 1 rings (SSSR count). The average Bonchev–Trinajstić information content (AvgIpc) is 2.71. The lowest BCUT2D eigenvalue weighted by Crippen LogP contribution is -2.41. The molecule has 1 aromatic carbocycles. The van der Waals surface area contributed by atoms with Crippen molar-refractivity contribution in [3.63, 3.8) is 0 Å². The average molecular weight is 420 g/mol. The van der Waals surface area contributed by atoms with Crippen molar-refractivity contribution in [1.82, 2.24) is 5.32 Å². The third-order valence-electron chi connectivity index (χ3n) is 5.06. The molecule has 0 bridgehead atoms. The molecule has 6 heteroatoms. The van der Waals surface area contributed by atoms with Gasteiger partial charge in [-0.15, -0.1) is 0 Å². The van der Waals surface area contributed by atoms with E-state index in [0.29, 0.717) is 17.9 Å². The second-order valence-electron chi connectivity index (χ2n) is 7.79. The van der Waals surface area contributed by atoms with Gasteiger partial charge in [0.15, 0.2) is 5.78 Å². The minimum atomic E-state index is -1.13. The van der Waals surface area contributed by atoms with Crippen LogP contribution >= 0.6 is 0 Å². The summed E-state index contributed by atoms with van der Waals surface area (Å²) in [5.74, 6) is -1.30. The summed E-state index contributed by atoms with van der Waals surface area (Å²) in [6, 6.07) is 5.63. The number of carbonyl (C=O) groups excluding carboxylic acids is 2. The maximum absolute atomic E-state index is 12.2. The van der Waals surface area contributed by atoms with Gasteiger partial charge in [0, 0.05) is 5.56 Å². The fourth-order valence-corrected chi connectivity index (χ4v) is 3.19. The number of ketones is 1. The highest BCUT2D eigenvalue weighted by molar-refractivity contribution is 5.98. The zero-order valence-corrected chi connectivity index (χ0v) is 18.5. The number of carbonyl (C=O) groups is 3. The van der Waals surface area contributed by atoms with Gasteiger partial charge in [-0.3, -0.25) is 14.4 Å². The van der Waals surface area contributed by atoms with E-state index < -0.39 is 24.3 Å².